The van der Waals surface area contributed by atoms with Gasteiger partial charge in [-0.05, 0) is 42.9 Å². The number of benzene rings is 2. The summed E-state index contributed by atoms with van der Waals surface area (Å²) in [6, 6.07) is 9.11. The zero-order valence-corrected chi connectivity index (χ0v) is 21.1. The van der Waals surface area contributed by atoms with E-state index < -0.39 is 23.5 Å². The summed E-state index contributed by atoms with van der Waals surface area (Å²) in [7, 11) is 1.97. The van der Waals surface area contributed by atoms with Crippen LogP contribution in [0.1, 0.15) is 32.6 Å². The van der Waals surface area contributed by atoms with E-state index in [4.69, 9.17) is 17.3 Å². The first-order valence-electron chi connectivity index (χ1n) is 11.6. The third kappa shape index (κ3) is 6.61. The Labute approximate surface area is 222 Å². The fourth-order valence-corrected chi connectivity index (χ4v) is 4.13. The van der Waals surface area contributed by atoms with Gasteiger partial charge in [0, 0.05) is 50.2 Å². The highest BCUT2D eigenvalue weighted by Crippen LogP contribution is 2.35. The molecule has 1 aliphatic heterocycles. The molecule has 2 aromatic carbocycles. The average Bonchev–Trinajstić information content (AvgIpc) is 2.87. The van der Waals surface area contributed by atoms with E-state index in [1.807, 2.05) is 11.9 Å². The maximum Gasteiger partial charge on any atom is 0.416 e. The average molecular weight is 546 g/mol. The molecular weight excluding hydrogens is 522 g/mol. The van der Waals surface area contributed by atoms with Crippen LogP contribution >= 0.6 is 11.6 Å². The summed E-state index contributed by atoms with van der Waals surface area (Å²) in [6.45, 7) is 3.00. The van der Waals surface area contributed by atoms with Gasteiger partial charge in [-0.25, -0.2) is 9.37 Å². The van der Waals surface area contributed by atoms with Crippen LogP contribution in [-0.2, 0) is 12.7 Å². The number of nitrogens with one attached hydrogen (secondary N) is 1. The van der Waals surface area contributed by atoms with Crippen molar-refractivity contribution in [3.8, 4) is 11.8 Å². The molecule has 4 rings (SSSR count). The molecule has 1 aliphatic rings. The number of nitrogens with two attached hydrogens (primary N) is 1. The SMILES string of the molecule is CN1CCN(Cc2ccc(NC(=O)c3cccc(C#Cc4cnc(N)c(Cl)c4)c3F)cc2C(F)(F)F)CC1. The first-order valence-corrected chi connectivity index (χ1v) is 12.0. The minimum atomic E-state index is -4.62. The Morgan fingerprint density at radius 3 is 2.55 bits per heavy atom. The molecule has 1 fully saturated rings. The third-order valence-electron chi connectivity index (χ3n) is 6.12. The van der Waals surface area contributed by atoms with Crippen LogP contribution in [-0.4, -0.2) is 53.9 Å². The Kier molecular flexibility index (Phi) is 8.21. The number of nitrogens with zero attached hydrogens (tertiary/aromatic N) is 3. The van der Waals surface area contributed by atoms with Crippen LogP contribution in [0.2, 0.25) is 5.02 Å². The first kappa shape index (κ1) is 27.4. The number of pyridine rings is 1. The van der Waals surface area contributed by atoms with Gasteiger partial charge in [0.25, 0.3) is 5.91 Å². The van der Waals surface area contributed by atoms with Crippen molar-refractivity contribution in [3.63, 3.8) is 0 Å². The minimum Gasteiger partial charge on any atom is -0.382 e. The second kappa shape index (κ2) is 11.4. The van der Waals surface area contributed by atoms with Crippen molar-refractivity contribution in [1.29, 1.82) is 0 Å². The van der Waals surface area contributed by atoms with Gasteiger partial charge < -0.3 is 16.0 Å². The van der Waals surface area contributed by atoms with E-state index in [9.17, 15) is 18.0 Å². The molecule has 11 heteroatoms. The van der Waals surface area contributed by atoms with Crippen LogP contribution in [0.25, 0.3) is 0 Å². The van der Waals surface area contributed by atoms with Crippen LogP contribution in [0, 0.1) is 17.7 Å². The van der Waals surface area contributed by atoms with Gasteiger partial charge in [0.2, 0.25) is 0 Å². The number of hydrogen-bond donors (Lipinski definition) is 2. The Hall–Kier alpha value is -3.65. The van der Waals surface area contributed by atoms with Crippen LogP contribution in [0.15, 0.2) is 48.7 Å². The van der Waals surface area contributed by atoms with Crippen molar-refractivity contribution in [1.82, 2.24) is 14.8 Å². The number of hydrogen-bond acceptors (Lipinski definition) is 5. The molecule has 1 saturated heterocycles. The van der Waals surface area contributed by atoms with Crippen LogP contribution in [0.4, 0.5) is 29.1 Å². The fraction of sp³-hybridized carbons (Fsp3) is 0.259. The molecule has 0 saturated carbocycles. The van der Waals surface area contributed by atoms with E-state index in [1.54, 1.807) is 0 Å². The summed E-state index contributed by atoms with van der Waals surface area (Å²) < 4.78 is 56.7. The molecule has 0 radical (unpaired) electrons. The molecule has 3 aromatic rings. The van der Waals surface area contributed by atoms with Crippen molar-refractivity contribution in [2.24, 2.45) is 0 Å². The number of nitrogen functional groups attached to an aromatic ring is 1. The summed E-state index contributed by atoms with van der Waals surface area (Å²) in [6.07, 6.45) is -3.25. The molecule has 0 atom stereocenters. The summed E-state index contributed by atoms with van der Waals surface area (Å²) >= 11 is 5.92. The topological polar surface area (TPSA) is 74.5 Å². The highest BCUT2D eigenvalue weighted by molar-refractivity contribution is 6.32. The molecule has 0 spiro atoms. The second-order valence-corrected chi connectivity index (χ2v) is 9.32. The minimum absolute atomic E-state index is 0.0795. The number of carbonyl (C=O) groups is 1. The standard InChI is InChI=1S/C27H24ClF4N5O/c1-36-9-11-37(12-10-36)16-19-7-8-20(14-22(19)27(30,31)32)35-26(38)21-4-2-3-18(24(21)29)6-5-17-13-23(28)25(33)34-15-17/h2-4,7-8,13-15H,9-12,16H2,1H3,(H2,33,34)(H,35,38). The lowest BCUT2D eigenvalue weighted by Gasteiger charge is -2.33. The van der Waals surface area contributed by atoms with Gasteiger partial charge in [0.15, 0.2) is 5.82 Å². The van der Waals surface area contributed by atoms with Crippen LogP contribution < -0.4 is 11.1 Å². The second-order valence-electron chi connectivity index (χ2n) is 8.91. The number of halogens is 5. The molecule has 1 amide bonds. The zero-order chi connectivity index (χ0) is 27.4. The molecule has 2 heterocycles. The van der Waals surface area contributed by atoms with Crippen molar-refractivity contribution >= 4 is 29.0 Å². The molecule has 198 valence electrons. The zero-order valence-electron chi connectivity index (χ0n) is 20.4. The van der Waals surface area contributed by atoms with E-state index in [2.05, 4.69) is 27.0 Å². The lowest BCUT2D eigenvalue weighted by atomic mass is 10.0. The lowest BCUT2D eigenvalue weighted by Crippen LogP contribution is -2.44. The predicted molar refractivity (Wildman–Crippen MR) is 138 cm³/mol. The number of anilines is 2. The molecule has 0 bridgehead atoms. The lowest BCUT2D eigenvalue weighted by molar-refractivity contribution is -0.138. The first-order chi connectivity index (χ1) is 18.0. The largest absolute Gasteiger partial charge is 0.416 e. The molecule has 38 heavy (non-hydrogen) atoms. The summed E-state index contributed by atoms with van der Waals surface area (Å²) in [5, 5.41) is 2.57. The number of carbonyl (C=O) groups excluding carboxylic acids is 1. The number of aromatic nitrogens is 1. The summed E-state index contributed by atoms with van der Waals surface area (Å²) in [4.78, 5) is 20.7. The van der Waals surface area contributed by atoms with Crippen LogP contribution in [0.3, 0.4) is 0 Å². The van der Waals surface area contributed by atoms with Gasteiger partial charge in [-0.1, -0.05) is 35.6 Å². The molecule has 1 aromatic heterocycles. The molecule has 6 nitrogen and oxygen atoms in total. The van der Waals surface area contributed by atoms with Gasteiger partial charge >= 0.3 is 6.18 Å². The Balaban J connectivity index is 1.54. The molecule has 0 aliphatic carbocycles. The van der Waals surface area contributed by atoms with Crippen molar-refractivity contribution < 1.29 is 22.4 Å². The monoisotopic (exact) mass is 545 g/mol. The van der Waals surface area contributed by atoms with Gasteiger partial charge in [-0.15, -0.1) is 0 Å². The maximum atomic E-state index is 15.1. The normalized spacial score (nSPS) is 14.6. The number of amides is 1. The Morgan fingerprint density at radius 2 is 1.87 bits per heavy atom. The van der Waals surface area contributed by atoms with Crippen molar-refractivity contribution in [2.75, 3.05) is 44.3 Å². The molecular formula is C27H24ClF4N5O. The van der Waals surface area contributed by atoms with Gasteiger partial charge in [-0.3, -0.25) is 9.69 Å². The van der Waals surface area contributed by atoms with E-state index in [0.717, 1.165) is 19.2 Å². The van der Waals surface area contributed by atoms with Crippen molar-refractivity contribution in [3.05, 3.63) is 87.3 Å². The number of alkyl halides is 3. The van der Waals surface area contributed by atoms with Gasteiger partial charge in [0.1, 0.15) is 5.82 Å². The number of likely N-dealkylation sites (N-methyl/N-ethyl adjacent to an activating group) is 1. The van der Waals surface area contributed by atoms with Crippen LogP contribution in [0.5, 0.6) is 0 Å². The van der Waals surface area contributed by atoms with E-state index >= 15 is 4.39 Å². The quantitative estimate of drug-likeness (QED) is 0.361. The predicted octanol–water partition coefficient (Wildman–Crippen LogP) is 4.87. The van der Waals surface area contributed by atoms with Gasteiger partial charge in [0.05, 0.1) is 21.7 Å². The number of piperazine rings is 1. The highest BCUT2D eigenvalue weighted by Gasteiger charge is 2.34. The smallest absolute Gasteiger partial charge is 0.382 e. The maximum absolute atomic E-state index is 15.1. The molecule has 3 N–H and O–H groups in total. The van der Waals surface area contributed by atoms with E-state index in [1.165, 1.54) is 42.6 Å². The number of rotatable bonds is 4. The summed E-state index contributed by atoms with van der Waals surface area (Å²) in [5.74, 6) is 3.63. The van der Waals surface area contributed by atoms with E-state index in [-0.39, 0.29) is 39.8 Å². The summed E-state index contributed by atoms with van der Waals surface area (Å²) in [5.41, 5.74) is 4.68. The Bertz CT molecular complexity index is 1410. The highest BCUT2D eigenvalue weighted by atomic mass is 35.5. The fourth-order valence-electron chi connectivity index (χ4n) is 3.96. The van der Waals surface area contributed by atoms with E-state index in [0.29, 0.717) is 18.7 Å². The Morgan fingerprint density at radius 1 is 1.13 bits per heavy atom. The third-order valence-corrected chi connectivity index (χ3v) is 6.42. The molecule has 0 unspecified atom stereocenters. The van der Waals surface area contributed by atoms with Gasteiger partial charge in [-0.2, -0.15) is 13.2 Å². The van der Waals surface area contributed by atoms with Crippen molar-refractivity contribution in [2.45, 2.75) is 12.7 Å².